The highest BCUT2D eigenvalue weighted by Gasteiger charge is 2.15. The molecule has 7 nitrogen and oxygen atoms in total. The lowest BCUT2D eigenvalue weighted by Crippen LogP contribution is -2.28. The summed E-state index contributed by atoms with van der Waals surface area (Å²) >= 11 is 1.44. The van der Waals surface area contributed by atoms with Crippen LogP contribution in [0.4, 0.5) is 5.69 Å². The number of carbonyl (C=O) groups is 2. The van der Waals surface area contributed by atoms with Crippen LogP contribution in [0.25, 0.3) is 10.2 Å². The van der Waals surface area contributed by atoms with E-state index in [0.717, 1.165) is 21.6 Å². The molecule has 0 fully saturated rings. The standard InChI is InChI=1S/C20H21N3O4S/c1-11-5-12(2)7-15(6-11)22-16(24)9-27-17(25)8-23-10-21-19-18(20(23)26)13(3)14(4)28-19/h5-7,10H,8-9H2,1-4H3,(H,22,24). The van der Waals surface area contributed by atoms with Crippen molar-refractivity contribution in [1.29, 1.82) is 0 Å². The fourth-order valence-corrected chi connectivity index (χ4v) is 3.94. The molecule has 0 atom stereocenters. The van der Waals surface area contributed by atoms with Crippen molar-refractivity contribution in [2.75, 3.05) is 11.9 Å². The molecule has 0 bridgehead atoms. The molecule has 0 radical (unpaired) electrons. The van der Waals surface area contributed by atoms with Crippen LogP contribution >= 0.6 is 11.3 Å². The Morgan fingerprint density at radius 1 is 1.14 bits per heavy atom. The molecular weight excluding hydrogens is 378 g/mol. The van der Waals surface area contributed by atoms with Gasteiger partial charge in [0.15, 0.2) is 6.61 Å². The number of nitrogens with one attached hydrogen (secondary N) is 1. The number of hydrogen-bond acceptors (Lipinski definition) is 6. The minimum Gasteiger partial charge on any atom is -0.454 e. The fourth-order valence-electron chi connectivity index (χ4n) is 2.96. The largest absolute Gasteiger partial charge is 0.454 e. The second-order valence-electron chi connectivity index (χ2n) is 6.73. The maximum Gasteiger partial charge on any atom is 0.326 e. The summed E-state index contributed by atoms with van der Waals surface area (Å²) in [4.78, 5) is 42.6. The van der Waals surface area contributed by atoms with E-state index in [2.05, 4.69) is 10.3 Å². The maximum atomic E-state index is 12.6. The summed E-state index contributed by atoms with van der Waals surface area (Å²) in [7, 11) is 0. The normalized spacial score (nSPS) is 10.9. The summed E-state index contributed by atoms with van der Waals surface area (Å²) in [5, 5.41) is 3.21. The van der Waals surface area contributed by atoms with Crippen LogP contribution in [0, 0.1) is 27.7 Å². The summed E-state index contributed by atoms with van der Waals surface area (Å²) < 4.78 is 6.21. The summed E-state index contributed by atoms with van der Waals surface area (Å²) in [6.45, 7) is 6.93. The van der Waals surface area contributed by atoms with Crippen LogP contribution < -0.4 is 10.9 Å². The fraction of sp³-hybridized carbons (Fsp3) is 0.300. The van der Waals surface area contributed by atoms with Gasteiger partial charge in [-0.25, -0.2) is 4.98 Å². The van der Waals surface area contributed by atoms with Crippen molar-refractivity contribution in [3.63, 3.8) is 0 Å². The van der Waals surface area contributed by atoms with Gasteiger partial charge in [-0.1, -0.05) is 6.07 Å². The number of thiophene rings is 1. The molecular formula is C20H21N3O4S. The number of aromatic nitrogens is 2. The van der Waals surface area contributed by atoms with Crippen molar-refractivity contribution in [2.45, 2.75) is 34.2 Å². The molecule has 8 heteroatoms. The van der Waals surface area contributed by atoms with E-state index >= 15 is 0 Å². The average Bonchev–Trinajstić information content (AvgIpc) is 2.90. The van der Waals surface area contributed by atoms with Gasteiger partial charge in [0, 0.05) is 10.6 Å². The number of rotatable bonds is 5. The van der Waals surface area contributed by atoms with Crippen molar-refractivity contribution < 1.29 is 14.3 Å². The Labute approximate surface area is 166 Å². The second kappa shape index (κ2) is 7.93. The zero-order chi connectivity index (χ0) is 20.4. The van der Waals surface area contributed by atoms with Gasteiger partial charge in [0.2, 0.25) is 0 Å². The van der Waals surface area contributed by atoms with E-state index in [1.54, 1.807) is 0 Å². The number of anilines is 1. The number of hydrogen-bond donors (Lipinski definition) is 1. The van der Waals surface area contributed by atoms with E-state index in [9.17, 15) is 14.4 Å². The number of fused-ring (bicyclic) bond motifs is 1. The molecule has 146 valence electrons. The van der Waals surface area contributed by atoms with Crippen molar-refractivity contribution in [1.82, 2.24) is 9.55 Å². The number of amides is 1. The molecule has 0 unspecified atom stereocenters. The van der Waals surface area contributed by atoms with Crippen LogP contribution in [-0.4, -0.2) is 28.0 Å². The Kier molecular flexibility index (Phi) is 5.60. The van der Waals surface area contributed by atoms with Gasteiger partial charge in [-0.2, -0.15) is 0 Å². The number of ether oxygens (including phenoxy) is 1. The molecule has 3 aromatic rings. The molecule has 0 aliphatic heterocycles. The van der Waals surface area contributed by atoms with E-state index in [-0.39, 0.29) is 12.1 Å². The Morgan fingerprint density at radius 3 is 2.50 bits per heavy atom. The van der Waals surface area contributed by atoms with Gasteiger partial charge in [0.1, 0.15) is 11.4 Å². The zero-order valence-electron chi connectivity index (χ0n) is 16.2. The third-order valence-electron chi connectivity index (χ3n) is 4.32. The van der Waals surface area contributed by atoms with Gasteiger partial charge in [-0.3, -0.25) is 19.0 Å². The molecule has 0 aliphatic carbocycles. The number of esters is 1. The van der Waals surface area contributed by atoms with Gasteiger partial charge in [-0.15, -0.1) is 11.3 Å². The van der Waals surface area contributed by atoms with E-state index in [4.69, 9.17) is 4.74 Å². The molecule has 2 aromatic heterocycles. The minimum atomic E-state index is -0.677. The lowest BCUT2D eigenvalue weighted by molar-refractivity contribution is -0.147. The summed E-state index contributed by atoms with van der Waals surface area (Å²) in [6.07, 6.45) is 1.33. The van der Waals surface area contributed by atoms with Crippen molar-refractivity contribution in [3.8, 4) is 0 Å². The molecule has 3 rings (SSSR count). The number of aryl methyl sites for hydroxylation is 4. The van der Waals surface area contributed by atoms with Gasteiger partial charge in [0.05, 0.1) is 11.7 Å². The number of carbonyl (C=O) groups excluding carboxylic acids is 2. The van der Waals surface area contributed by atoms with Crippen LogP contribution in [-0.2, 0) is 20.9 Å². The Bertz CT molecular complexity index is 1110. The van der Waals surface area contributed by atoms with Crippen molar-refractivity contribution in [3.05, 3.63) is 56.4 Å². The first-order valence-electron chi connectivity index (χ1n) is 8.73. The lowest BCUT2D eigenvalue weighted by Gasteiger charge is -2.09. The highest BCUT2D eigenvalue weighted by atomic mass is 32.1. The minimum absolute atomic E-state index is 0.288. The highest BCUT2D eigenvalue weighted by molar-refractivity contribution is 7.18. The first-order chi connectivity index (χ1) is 13.2. The number of nitrogens with zero attached hydrogens (tertiary/aromatic N) is 2. The van der Waals surface area contributed by atoms with E-state index < -0.39 is 18.5 Å². The predicted molar refractivity (Wildman–Crippen MR) is 109 cm³/mol. The molecule has 1 aromatic carbocycles. The Balaban J connectivity index is 1.62. The van der Waals surface area contributed by atoms with Crippen molar-refractivity contribution >= 4 is 39.1 Å². The third kappa shape index (κ3) is 4.28. The molecule has 1 N–H and O–H groups in total. The molecule has 0 saturated carbocycles. The Morgan fingerprint density at radius 2 is 1.82 bits per heavy atom. The quantitative estimate of drug-likeness (QED) is 0.666. The average molecular weight is 399 g/mol. The second-order valence-corrected chi connectivity index (χ2v) is 7.93. The topological polar surface area (TPSA) is 90.3 Å². The summed E-state index contributed by atoms with van der Waals surface area (Å²) in [5.41, 5.74) is 3.27. The third-order valence-corrected chi connectivity index (χ3v) is 5.44. The molecule has 28 heavy (non-hydrogen) atoms. The van der Waals surface area contributed by atoms with Gasteiger partial charge in [0.25, 0.3) is 11.5 Å². The first kappa shape index (κ1) is 19.8. The van der Waals surface area contributed by atoms with Gasteiger partial charge in [-0.05, 0) is 56.5 Å². The summed E-state index contributed by atoms with van der Waals surface area (Å²) in [6, 6.07) is 5.66. The van der Waals surface area contributed by atoms with Crippen LogP contribution in [0.1, 0.15) is 21.6 Å². The van der Waals surface area contributed by atoms with Crippen molar-refractivity contribution in [2.24, 2.45) is 0 Å². The molecule has 1 amide bonds. The molecule has 0 aliphatic rings. The molecule has 0 spiro atoms. The Hall–Kier alpha value is -3.00. The SMILES string of the molecule is Cc1cc(C)cc(NC(=O)COC(=O)Cn2cnc3sc(C)c(C)c3c2=O)c1. The zero-order valence-corrected chi connectivity index (χ0v) is 17.0. The van der Waals surface area contributed by atoms with Crippen LogP contribution in [0.5, 0.6) is 0 Å². The highest BCUT2D eigenvalue weighted by Crippen LogP contribution is 2.25. The monoisotopic (exact) mass is 399 g/mol. The first-order valence-corrected chi connectivity index (χ1v) is 9.55. The van der Waals surface area contributed by atoms with Crippen LogP contribution in [0.3, 0.4) is 0 Å². The molecule has 2 heterocycles. The van der Waals surface area contributed by atoms with Gasteiger partial charge < -0.3 is 10.1 Å². The predicted octanol–water partition coefficient (Wildman–Crippen LogP) is 2.87. The lowest BCUT2D eigenvalue weighted by atomic mass is 10.1. The molecule has 0 saturated heterocycles. The number of benzene rings is 1. The maximum absolute atomic E-state index is 12.6. The van der Waals surface area contributed by atoms with Crippen LogP contribution in [0.2, 0.25) is 0 Å². The van der Waals surface area contributed by atoms with E-state index in [1.807, 2.05) is 45.9 Å². The summed E-state index contributed by atoms with van der Waals surface area (Å²) in [5.74, 6) is -1.12. The smallest absolute Gasteiger partial charge is 0.326 e. The van der Waals surface area contributed by atoms with Crippen LogP contribution in [0.15, 0.2) is 29.3 Å². The van der Waals surface area contributed by atoms with E-state index in [1.165, 1.54) is 22.2 Å². The van der Waals surface area contributed by atoms with Gasteiger partial charge >= 0.3 is 5.97 Å². The van der Waals surface area contributed by atoms with E-state index in [0.29, 0.717) is 15.9 Å².